The smallest absolute Gasteiger partial charge is 0.138 e. The highest BCUT2D eigenvalue weighted by Crippen LogP contribution is 2.43. The molecule has 0 atom stereocenters. The Labute approximate surface area is 136 Å². The minimum atomic E-state index is -0.592. The first kappa shape index (κ1) is 14.4. The fraction of sp³-hybridized carbons (Fsp3) is 0.176. The van der Waals surface area contributed by atoms with Gasteiger partial charge in [0.2, 0.25) is 0 Å². The highest BCUT2D eigenvalue weighted by molar-refractivity contribution is 7.99. The number of aromatic nitrogens is 3. The minimum Gasteiger partial charge on any atom is -0.265 e. The number of hydrogen-bond acceptors (Lipinski definition) is 3. The molecule has 0 unspecified atom stereocenters. The van der Waals surface area contributed by atoms with Crippen LogP contribution in [0.25, 0.3) is 22.4 Å². The molecule has 4 rings (SSSR count). The monoisotopic (exact) mass is 329 g/mol. The van der Waals surface area contributed by atoms with Gasteiger partial charge in [-0.3, -0.25) is 9.67 Å². The van der Waals surface area contributed by atoms with Crippen molar-refractivity contribution in [3.8, 4) is 22.4 Å². The van der Waals surface area contributed by atoms with E-state index in [4.69, 9.17) is 0 Å². The molecule has 3 heterocycles. The van der Waals surface area contributed by atoms with Gasteiger partial charge in [0, 0.05) is 23.7 Å². The second-order valence-corrected chi connectivity index (χ2v) is 6.47. The van der Waals surface area contributed by atoms with Gasteiger partial charge in [0.15, 0.2) is 0 Å². The van der Waals surface area contributed by atoms with Gasteiger partial charge in [-0.2, -0.15) is 5.10 Å². The molecule has 0 spiro atoms. The van der Waals surface area contributed by atoms with Crippen molar-refractivity contribution < 1.29 is 8.78 Å². The Morgan fingerprint density at radius 2 is 1.87 bits per heavy atom. The van der Waals surface area contributed by atoms with E-state index in [1.54, 1.807) is 31.1 Å². The molecule has 0 bridgehead atoms. The molecule has 3 aromatic rings. The molecule has 0 radical (unpaired) electrons. The Morgan fingerprint density at radius 1 is 1.09 bits per heavy atom. The predicted molar refractivity (Wildman–Crippen MR) is 86.3 cm³/mol. The maximum absolute atomic E-state index is 14.6. The van der Waals surface area contributed by atoms with Gasteiger partial charge in [0.25, 0.3) is 0 Å². The Bertz CT molecular complexity index is 891. The number of fused-ring (bicyclic) bond motifs is 1. The van der Waals surface area contributed by atoms with Gasteiger partial charge < -0.3 is 0 Å². The van der Waals surface area contributed by atoms with E-state index in [0.29, 0.717) is 11.3 Å². The quantitative estimate of drug-likeness (QED) is 0.702. The van der Waals surface area contributed by atoms with Crippen molar-refractivity contribution in [2.24, 2.45) is 0 Å². The number of hydrogen-bond donors (Lipinski definition) is 0. The number of halogens is 2. The third-order valence-corrected chi connectivity index (χ3v) is 5.01. The van der Waals surface area contributed by atoms with E-state index in [0.717, 1.165) is 28.5 Å². The first-order valence-electron chi connectivity index (χ1n) is 7.26. The van der Waals surface area contributed by atoms with E-state index in [-0.39, 0.29) is 5.56 Å². The summed E-state index contributed by atoms with van der Waals surface area (Å²) in [6.07, 6.45) is 3.34. The van der Waals surface area contributed by atoms with Crippen LogP contribution in [0.1, 0.15) is 5.56 Å². The number of pyridine rings is 1. The lowest BCUT2D eigenvalue weighted by molar-refractivity contribution is 0.580. The van der Waals surface area contributed by atoms with Crippen molar-refractivity contribution in [2.45, 2.75) is 18.5 Å². The first-order valence-corrected chi connectivity index (χ1v) is 8.24. The fourth-order valence-corrected chi connectivity index (χ4v) is 3.90. The zero-order valence-electron chi connectivity index (χ0n) is 12.4. The highest BCUT2D eigenvalue weighted by Gasteiger charge is 2.28. The van der Waals surface area contributed by atoms with E-state index in [2.05, 4.69) is 10.1 Å². The van der Waals surface area contributed by atoms with E-state index in [1.807, 2.05) is 16.8 Å². The zero-order chi connectivity index (χ0) is 16.0. The maximum atomic E-state index is 14.6. The third-order valence-electron chi connectivity index (χ3n) is 3.94. The van der Waals surface area contributed by atoms with Crippen LogP contribution in [0.2, 0.25) is 0 Å². The molecule has 6 heteroatoms. The normalized spacial score (nSPS) is 13.3. The first-order chi connectivity index (χ1) is 11.2. The molecule has 1 aromatic carbocycles. The summed E-state index contributed by atoms with van der Waals surface area (Å²) in [5, 5.41) is 5.45. The molecule has 2 aromatic heterocycles. The van der Waals surface area contributed by atoms with Gasteiger partial charge >= 0.3 is 0 Å². The van der Waals surface area contributed by atoms with Crippen molar-refractivity contribution in [2.75, 3.05) is 5.75 Å². The standard InChI is InChI=1S/C17H13F2N3S/c1-10-2-3-12(18)14(15(10)19)16-13(11-4-6-20-7-5-11)17-22(21-16)8-9-23-17/h2-7H,8-9H2,1H3. The summed E-state index contributed by atoms with van der Waals surface area (Å²) in [7, 11) is 0. The lowest BCUT2D eigenvalue weighted by atomic mass is 10.00. The van der Waals surface area contributed by atoms with Crippen LogP contribution in [0.5, 0.6) is 0 Å². The second-order valence-electron chi connectivity index (χ2n) is 5.39. The second kappa shape index (κ2) is 5.45. The molecular formula is C17H13F2N3S. The topological polar surface area (TPSA) is 30.7 Å². The van der Waals surface area contributed by atoms with Crippen LogP contribution in [-0.2, 0) is 6.54 Å². The average Bonchev–Trinajstić information content (AvgIpc) is 3.13. The SMILES string of the molecule is Cc1ccc(F)c(-c2nn3c(c2-c2ccncc2)SCC3)c1F. The Balaban J connectivity index is 2.03. The molecule has 0 N–H and O–H groups in total. The summed E-state index contributed by atoms with van der Waals surface area (Å²) in [6.45, 7) is 2.37. The number of thioether (sulfide) groups is 1. The third kappa shape index (κ3) is 2.25. The molecule has 116 valence electrons. The molecule has 0 fully saturated rings. The minimum absolute atomic E-state index is 0.0562. The molecule has 0 saturated carbocycles. The van der Waals surface area contributed by atoms with Crippen LogP contribution in [0.15, 0.2) is 41.7 Å². The van der Waals surface area contributed by atoms with E-state index in [1.165, 1.54) is 12.1 Å². The van der Waals surface area contributed by atoms with Crippen molar-refractivity contribution in [1.29, 1.82) is 0 Å². The fourth-order valence-electron chi connectivity index (χ4n) is 2.80. The molecule has 1 aliphatic rings. The van der Waals surface area contributed by atoms with Gasteiger partial charge in [-0.15, -0.1) is 11.8 Å². The Hall–Kier alpha value is -2.21. The molecule has 1 aliphatic heterocycles. The molecule has 0 saturated heterocycles. The highest BCUT2D eigenvalue weighted by atomic mass is 32.2. The largest absolute Gasteiger partial charge is 0.265 e. The summed E-state index contributed by atoms with van der Waals surface area (Å²) in [4.78, 5) is 4.02. The molecular weight excluding hydrogens is 316 g/mol. The summed E-state index contributed by atoms with van der Waals surface area (Å²) < 4.78 is 30.8. The van der Waals surface area contributed by atoms with Crippen molar-refractivity contribution in [1.82, 2.24) is 14.8 Å². The van der Waals surface area contributed by atoms with Gasteiger partial charge in [-0.25, -0.2) is 8.78 Å². The number of rotatable bonds is 2. The molecule has 3 nitrogen and oxygen atoms in total. The van der Waals surface area contributed by atoms with Crippen LogP contribution in [-0.4, -0.2) is 20.5 Å². The Morgan fingerprint density at radius 3 is 2.65 bits per heavy atom. The van der Waals surface area contributed by atoms with E-state index in [9.17, 15) is 8.78 Å². The Kier molecular flexibility index (Phi) is 3.41. The van der Waals surface area contributed by atoms with Crippen molar-refractivity contribution in [3.05, 3.63) is 53.9 Å². The number of aryl methyl sites for hydroxylation is 2. The summed E-state index contributed by atoms with van der Waals surface area (Å²) >= 11 is 1.66. The van der Waals surface area contributed by atoms with Gasteiger partial charge in [0.1, 0.15) is 22.4 Å². The van der Waals surface area contributed by atoms with Crippen molar-refractivity contribution >= 4 is 11.8 Å². The lowest BCUT2D eigenvalue weighted by Crippen LogP contribution is -1.99. The molecule has 0 amide bonds. The summed E-state index contributed by atoms with van der Waals surface area (Å²) in [5.41, 5.74) is 2.35. The van der Waals surface area contributed by atoms with Gasteiger partial charge in [-0.05, 0) is 36.2 Å². The van der Waals surface area contributed by atoms with Crippen LogP contribution < -0.4 is 0 Å². The molecule has 0 aliphatic carbocycles. The zero-order valence-corrected chi connectivity index (χ0v) is 13.2. The summed E-state index contributed by atoms with van der Waals surface area (Å²) in [5.74, 6) is -0.230. The number of nitrogens with zero attached hydrogens (tertiary/aromatic N) is 3. The lowest BCUT2D eigenvalue weighted by Gasteiger charge is -2.08. The van der Waals surface area contributed by atoms with Crippen LogP contribution in [0, 0.1) is 18.6 Å². The van der Waals surface area contributed by atoms with Gasteiger partial charge in [-0.1, -0.05) is 6.07 Å². The molecule has 23 heavy (non-hydrogen) atoms. The summed E-state index contributed by atoms with van der Waals surface area (Å²) in [6, 6.07) is 6.41. The van der Waals surface area contributed by atoms with Crippen LogP contribution >= 0.6 is 11.8 Å². The number of benzene rings is 1. The van der Waals surface area contributed by atoms with Crippen LogP contribution in [0.4, 0.5) is 8.78 Å². The van der Waals surface area contributed by atoms with Crippen molar-refractivity contribution in [3.63, 3.8) is 0 Å². The average molecular weight is 329 g/mol. The predicted octanol–water partition coefficient (Wildman–Crippen LogP) is 4.30. The van der Waals surface area contributed by atoms with E-state index >= 15 is 0 Å². The van der Waals surface area contributed by atoms with E-state index < -0.39 is 11.6 Å². The van der Waals surface area contributed by atoms with Gasteiger partial charge in [0.05, 0.1) is 12.1 Å². The maximum Gasteiger partial charge on any atom is 0.138 e. The van der Waals surface area contributed by atoms with Crippen LogP contribution in [0.3, 0.4) is 0 Å².